The van der Waals surface area contributed by atoms with E-state index in [1.165, 1.54) is 0 Å². The summed E-state index contributed by atoms with van der Waals surface area (Å²) in [5, 5.41) is 0. The largest absolute Gasteiger partial charge is 0.324 e. The molecule has 0 aliphatic rings. The van der Waals surface area contributed by atoms with E-state index in [1.54, 1.807) is 0 Å². The molecule has 0 rings (SSSR count). The fraction of sp³-hybridized carbons (Fsp3) is 0.667. The zero-order valence-corrected chi connectivity index (χ0v) is 7.23. The molecular formula is C6H14N4O2. The molecule has 4 N–H and O–H groups in total. The number of amides is 2. The van der Waals surface area contributed by atoms with Crippen LogP contribution in [0.3, 0.4) is 0 Å². The lowest BCUT2D eigenvalue weighted by Crippen LogP contribution is -2.50. The van der Waals surface area contributed by atoms with Gasteiger partial charge >= 0.3 is 11.8 Å². The number of rotatable bonds is 4. The Morgan fingerprint density at radius 3 is 1.50 bits per heavy atom. The second kappa shape index (κ2) is 6.56. The molecule has 0 aromatic heterocycles. The van der Waals surface area contributed by atoms with E-state index < -0.39 is 11.8 Å². The first-order valence-electron chi connectivity index (χ1n) is 3.78. The summed E-state index contributed by atoms with van der Waals surface area (Å²) in [5.74, 6) is -1.42. The third-order valence-electron chi connectivity index (χ3n) is 0.964. The van der Waals surface area contributed by atoms with Crippen LogP contribution < -0.4 is 21.7 Å². The molecule has 0 spiro atoms. The van der Waals surface area contributed by atoms with Gasteiger partial charge in [0.15, 0.2) is 0 Å². The van der Waals surface area contributed by atoms with E-state index in [9.17, 15) is 9.59 Å². The first kappa shape index (κ1) is 10.9. The van der Waals surface area contributed by atoms with Gasteiger partial charge in [-0.05, 0) is 0 Å². The third kappa shape index (κ3) is 4.64. The Bertz CT molecular complexity index is 142. The van der Waals surface area contributed by atoms with Gasteiger partial charge in [0.2, 0.25) is 0 Å². The highest BCUT2D eigenvalue weighted by atomic mass is 16.2. The monoisotopic (exact) mass is 174 g/mol. The van der Waals surface area contributed by atoms with Crippen LogP contribution >= 0.6 is 0 Å². The molecule has 0 heterocycles. The second-order valence-electron chi connectivity index (χ2n) is 1.97. The average molecular weight is 174 g/mol. The van der Waals surface area contributed by atoms with E-state index in [0.717, 1.165) is 0 Å². The van der Waals surface area contributed by atoms with Crippen LogP contribution in [0, 0.1) is 0 Å². The SMILES string of the molecule is CCNNC(=O)C(=O)NNCC. The van der Waals surface area contributed by atoms with Gasteiger partial charge in [0, 0.05) is 13.1 Å². The molecule has 12 heavy (non-hydrogen) atoms. The lowest BCUT2D eigenvalue weighted by atomic mass is 10.6. The third-order valence-corrected chi connectivity index (χ3v) is 0.964. The second-order valence-corrected chi connectivity index (χ2v) is 1.97. The lowest BCUT2D eigenvalue weighted by molar-refractivity contribution is -0.140. The Kier molecular flexibility index (Phi) is 5.94. The molecule has 0 saturated heterocycles. The van der Waals surface area contributed by atoms with Crippen molar-refractivity contribution in [3.8, 4) is 0 Å². The Hall–Kier alpha value is -1.14. The van der Waals surface area contributed by atoms with E-state index in [-0.39, 0.29) is 0 Å². The van der Waals surface area contributed by atoms with Crippen molar-refractivity contribution in [2.75, 3.05) is 13.1 Å². The summed E-state index contributed by atoms with van der Waals surface area (Å²) in [6.45, 7) is 4.76. The molecule has 0 aromatic carbocycles. The highest BCUT2D eigenvalue weighted by Crippen LogP contribution is 1.62. The molecule has 0 bridgehead atoms. The van der Waals surface area contributed by atoms with Crippen molar-refractivity contribution in [2.24, 2.45) is 0 Å². The topological polar surface area (TPSA) is 82.3 Å². The molecule has 0 aliphatic heterocycles. The maximum atomic E-state index is 10.8. The summed E-state index contributed by atoms with van der Waals surface area (Å²) >= 11 is 0. The number of hydrazine groups is 2. The maximum Gasteiger partial charge on any atom is 0.324 e. The molecule has 6 nitrogen and oxygen atoms in total. The minimum Gasteiger partial charge on any atom is -0.283 e. The Labute approximate surface area is 71.0 Å². The van der Waals surface area contributed by atoms with Crippen LogP contribution in [0.25, 0.3) is 0 Å². The van der Waals surface area contributed by atoms with Crippen molar-refractivity contribution >= 4 is 11.8 Å². The van der Waals surface area contributed by atoms with Crippen molar-refractivity contribution in [1.82, 2.24) is 21.7 Å². The van der Waals surface area contributed by atoms with Gasteiger partial charge in [-0.25, -0.2) is 10.9 Å². The molecule has 0 saturated carbocycles. The molecule has 0 unspecified atom stereocenters. The van der Waals surface area contributed by atoms with Crippen LogP contribution in [0.1, 0.15) is 13.8 Å². The molecule has 70 valence electrons. The fourth-order valence-electron chi connectivity index (χ4n) is 0.451. The summed E-state index contributed by atoms with van der Waals surface area (Å²) in [5.41, 5.74) is 9.43. The standard InChI is InChI=1S/C6H14N4O2/c1-3-7-9-5(11)6(12)10-8-4-2/h7-8H,3-4H2,1-2H3,(H,9,11)(H,10,12). The number of carbonyl (C=O) groups excluding carboxylic acids is 2. The number of carbonyl (C=O) groups is 2. The highest BCUT2D eigenvalue weighted by molar-refractivity contribution is 6.34. The highest BCUT2D eigenvalue weighted by Gasteiger charge is 2.10. The number of hydrogen-bond acceptors (Lipinski definition) is 4. The zero-order chi connectivity index (χ0) is 9.40. The van der Waals surface area contributed by atoms with Crippen LogP contribution in [-0.4, -0.2) is 24.9 Å². The maximum absolute atomic E-state index is 10.8. The van der Waals surface area contributed by atoms with E-state index in [0.29, 0.717) is 13.1 Å². The lowest BCUT2D eigenvalue weighted by Gasteiger charge is -2.05. The predicted octanol–water partition coefficient (Wildman–Crippen LogP) is -1.73. The van der Waals surface area contributed by atoms with Gasteiger partial charge in [-0.3, -0.25) is 20.4 Å². The Morgan fingerprint density at radius 1 is 0.917 bits per heavy atom. The van der Waals surface area contributed by atoms with E-state index >= 15 is 0 Å². The van der Waals surface area contributed by atoms with Crippen LogP contribution in [0.15, 0.2) is 0 Å². The van der Waals surface area contributed by atoms with Crippen LogP contribution in [0.5, 0.6) is 0 Å². The number of nitrogens with one attached hydrogen (secondary N) is 4. The summed E-state index contributed by atoms with van der Waals surface area (Å²) in [6.07, 6.45) is 0. The van der Waals surface area contributed by atoms with Gasteiger partial charge < -0.3 is 0 Å². The van der Waals surface area contributed by atoms with Crippen LogP contribution in [-0.2, 0) is 9.59 Å². The first-order chi connectivity index (χ1) is 5.72. The zero-order valence-electron chi connectivity index (χ0n) is 7.23. The van der Waals surface area contributed by atoms with Gasteiger partial charge in [-0.1, -0.05) is 13.8 Å². The van der Waals surface area contributed by atoms with Crippen molar-refractivity contribution in [3.63, 3.8) is 0 Å². The smallest absolute Gasteiger partial charge is 0.283 e. The van der Waals surface area contributed by atoms with E-state index in [1.807, 2.05) is 13.8 Å². The van der Waals surface area contributed by atoms with Crippen molar-refractivity contribution in [3.05, 3.63) is 0 Å². The molecular weight excluding hydrogens is 160 g/mol. The Balaban J connectivity index is 3.55. The normalized spacial score (nSPS) is 9.17. The average Bonchev–Trinajstić information content (AvgIpc) is 2.10. The van der Waals surface area contributed by atoms with Gasteiger partial charge in [-0.15, -0.1) is 0 Å². The van der Waals surface area contributed by atoms with Gasteiger partial charge in [0.05, 0.1) is 0 Å². The molecule has 0 aliphatic carbocycles. The molecule has 2 amide bonds. The minimum absolute atomic E-state index is 0.570. The summed E-state index contributed by atoms with van der Waals surface area (Å²) in [7, 11) is 0. The van der Waals surface area contributed by atoms with E-state index in [2.05, 4.69) is 21.7 Å². The van der Waals surface area contributed by atoms with Crippen molar-refractivity contribution in [2.45, 2.75) is 13.8 Å². The molecule has 6 heteroatoms. The summed E-state index contributed by atoms with van der Waals surface area (Å²) in [4.78, 5) is 21.6. The number of hydrogen-bond donors (Lipinski definition) is 4. The van der Waals surface area contributed by atoms with Gasteiger partial charge in [0.25, 0.3) is 0 Å². The first-order valence-corrected chi connectivity index (χ1v) is 3.78. The van der Waals surface area contributed by atoms with Crippen LogP contribution in [0.4, 0.5) is 0 Å². The van der Waals surface area contributed by atoms with Crippen molar-refractivity contribution in [1.29, 1.82) is 0 Å². The molecule has 0 aromatic rings. The van der Waals surface area contributed by atoms with E-state index in [4.69, 9.17) is 0 Å². The quantitative estimate of drug-likeness (QED) is 0.301. The molecule has 0 fully saturated rings. The summed E-state index contributed by atoms with van der Waals surface area (Å²) in [6, 6.07) is 0. The van der Waals surface area contributed by atoms with Gasteiger partial charge in [-0.2, -0.15) is 0 Å². The van der Waals surface area contributed by atoms with Crippen molar-refractivity contribution < 1.29 is 9.59 Å². The van der Waals surface area contributed by atoms with Crippen LogP contribution in [0.2, 0.25) is 0 Å². The molecule has 0 radical (unpaired) electrons. The van der Waals surface area contributed by atoms with Gasteiger partial charge in [0.1, 0.15) is 0 Å². The Morgan fingerprint density at radius 2 is 1.25 bits per heavy atom. The fourth-order valence-corrected chi connectivity index (χ4v) is 0.451. The molecule has 0 atom stereocenters. The summed E-state index contributed by atoms with van der Waals surface area (Å²) < 4.78 is 0. The minimum atomic E-state index is -0.710. The predicted molar refractivity (Wildman–Crippen MR) is 43.6 cm³/mol.